The summed E-state index contributed by atoms with van der Waals surface area (Å²) in [4.78, 5) is 2.54. The molecule has 2 N–H and O–H groups in total. The Morgan fingerprint density at radius 2 is 1.78 bits per heavy atom. The third-order valence-corrected chi connectivity index (χ3v) is 4.74. The van der Waals surface area contributed by atoms with Gasteiger partial charge in [0.05, 0.1) is 0 Å². The molecule has 1 heterocycles. The van der Waals surface area contributed by atoms with E-state index >= 15 is 0 Å². The van der Waals surface area contributed by atoms with Crippen LogP contribution in [-0.2, 0) is 6.54 Å². The minimum atomic E-state index is 0.400. The second kappa shape index (κ2) is 5.41. The Bertz CT molecular complexity index is 370. The summed E-state index contributed by atoms with van der Waals surface area (Å²) in [7, 11) is 0. The molecule has 1 aliphatic heterocycles. The van der Waals surface area contributed by atoms with Gasteiger partial charge in [-0.25, -0.2) is 0 Å². The van der Waals surface area contributed by atoms with Gasteiger partial charge in [0.2, 0.25) is 0 Å². The molecule has 1 aromatic carbocycles. The van der Waals surface area contributed by atoms with Crippen LogP contribution < -0.4 is 5.73 Å². The predicted octanol–water partition coefficient (Wildman–Crippen LogP) is 2.64. The molecular weight excluding hydrogens is 220 g/mol. The molecule has 1 saturated carbocycles. The maximum absolute atomic E-state index is 6.36. The van der Waals surface area contributed by atoms with Gasteiger partial charge in [-0.1, -0.05) is 56.0 Å². The maximum atomic E-state index is 6.36. The van der Waals surface area contributed by atoms with Crippen LogP contribution in [0.4, 0.5) is 0 Å². The first-order chi connectivity index (χ1) is 8.83. The van der Waals surface area contributed by atoms with Crippen LogP contribution in [-0.4, -0.2) is 24.0 Å². The zero-order valence-electron chi connectivity index (χ0n) is 11.1. The van der Waals surface area contributed by atoms with E-state index in [4.69, 9.17) is 5.73 Å². The second-order valence-electron chi connectivity index (χ2n) is 6.05. The standard InChI is InChI=1S/C16H24N2/c17-16-12-18(10-13-6-2-1-3-7-13)11-15(16)14-8-4-5-9-14/h1-3,6-7,14-16H,4-5,8-12,17H2/t15-,16-/m0/s1. The van der Waals surface area contributed by atoms with E-state index in [2.05, 4.69) is 35.2 Å². The predicted molar refractivity (Wildman–Crippen MR) is 75.1 cm³/mol. The van der Waals surface area contributed by atoms with Gasteiger partial charge in [-0.05, 0) is 17.4 Å². The van der Waals surface area contributed by atoms with Crippen molar-refractivity contribution in [3.63, 3.8) is 0 Å². The van der Waals surface area contributed by atoms with Crippen molar-refractivity contribution in [3.8, 4) is 0 Å². The quantitative estimate of drug-likeness (QED) is 0.885. The lowest BCUT2D eigenvalue weighted by atomic mass is 9.87. The molecule has 2 fully saturated rings. The van der Waals surface area contributed by atoms with Crippen molar-refractivity contribution in [2.45, 2.75) is 38.3 Å². The third kappa shape index (κ3) is 2.60. The van der Waals surface area contributed by atoms with Crippen molar-refractivity contribution in [2.75, 3.05) is 13.1 Å². The fraction of sp³-hybridized carbons (Fsp3) is 0.625. The minimum absolute atomic E-state index is 0.400. The first kappa shape index (κ1) is 12.2. The normalized spacial score (nSPS) is 30.1. The van der Waals surface area contributed by atoms with Crippen molar-refractivity contribution >= 4 is 0 Å². The average Bonchev–Trinajstić information content (AvgIpc) is 3.00. The van der Waals surface area contributed by atoms with Crippen LogP contribution in [0.1, 0.15) is 31.2 Å². The van der Waals surface area contributed by atoms with E-state index in [-0.39, 0.29) is 0 Å². The number of nitrogens with two attached hydrogens (primary N) is 1. The summed E-state index contributed by atoms with van der Waals surface area (Å²) in [5.74, 6) is 1.65. The highest BCUT2D eigenvalue weighted by atomic mass is 15.2. The molecule has 98 valence electrons. The van der Waals surface area contributed by atoms with Crippen LogP contribution in [0, 0.1) is 11.8 Å². The summed E-state index contributed by atoms with van der Waals surface area (Å²) in [6.45, 7) is 3.36. The van der Waals surface area contributed by atoms with E-state index < -0.39 is 0 Å². The molecule has 0 radical (unpaired) electrons. The summed E-state index contributed by atoms with van der Waals surface area (Å²) in [5, 5.41) is 0. The van der Waals surface area contributed by atoms with Crippen LogP contribution in [0.2, 0.25) is 0 Å². The average molecular weight is 244 g/mol. The van der Waals surface area contributed by atoms with Gasteiger partial charge in [-0.15, -0.1) is 0 Å². The van der Waals surface area contributed by atoms with Crippen LogP contribution >= 0.6 is 0 Å². The lowest BCUT2D eigenvalue weighted by Crippen LogP contribution is -2.33. The molecule has 0 spiro atoms. The lowest BCUT2D eigenvalue weighted by molar-refractivity contribution is 0.281. The molecule has 0 amide bonds. The van der Waals surface area contributed by atoms with E-state index in [9.17, 15) is 0 Å². The lowest BCUT2D eigenvalue weighted by Gasteiger charge is -2.21. The van der Waals surface area contributed by atoms with Gasteiger partial charge in [0, 0.05) is 25.7 Å². The Kier molecular flexibility index (Phi) is 3.67. The van der Waals surface area contributed by atoms with E-state index in [0.29, 0.717) is 6.04 Å². The van der Waals surface area contributed by atoms with E-state index in [0.717, 1.165) is 24.9 Å². The molecule has 1 aromatic rings. The molecule has 2 heteroatoms. The van der Waals surface area contributed by atoms with Crippen LogP contribution in [0.25, 0.3) is 0 Å². The van der Waals surface area contributed by atoms with Gasteiger partial charge in [0.25, 0.3) is 0 Å². The summed E-state index contributed by atoms with van der Waals surface area (Å²) < 4.78 is 0. The first-order valence-electron chi connectivity index (χ1n) is 7.35. The van der Waals surface area contributed by atoms with Crippen LogP contribution in [0.5, 0.6) is 0 Å². The third-order valence-electron chi connectivity index (χ3n) is 4.74. The highest BCUT2D eigenvalue weighted by molar-refractivity contribution is 5.15. The van der Waals surface area contributed by atoms with Crippen LogP contribution in [0.3, 0.4) is 0 Å². The molecule has 2 atom stereocenters. The first-order valence-corrected chi connectivity index (χ1v) is 7.35. The highest BCUT2D eigenvalue weighted by Crippen LogP contribution is 2.36. The largest absolute Gasteiger partial charge is 0.326 e. The fourth-order valence-electron chi connectivity index (χ4n) is 3.80. The van der Waals surface area contributed by atoms with Gasteiger partial charge in [0.1, 0.15) is 0 Å². The Morgan fingerprint density at radius 3 is 2.50 bits per heavy atom. The molecule has 2 aliphatic rings. The number of benzene rings is 1. The number of hydrogen-bond acceptors (Lipinski definition) is 2. The van der Waals surface area contributed by atoms with Gasteiger partial charge in [-0.2, -0.15) is 0 Å². The van der Waals surface area contributed by atoms with Crippen molar-refractivity contribution in [3.05, 3.63) is 35.9 Å². The molecule has 1 aliphatic carbocycles. The Balaban J connectivity index is 1.59. The van der Waals surface area contributed by atoms with Crippen molar-refractivity contribution in [2.24, 2.45) is 17.6 Å². The summed E-state index contributed by atoms with van der Waals surface area (Å²) in [6, 6.07) is 11.2. The van der Waals surface area contributed by atoms with Crippen molar-refractivity contribution < 1.29 is 0 Å². The number of nitrogens with zero attached hydrogens (tertiary/aromatic N) is 1. The molecule has 0 unspecified atom stereocenters. The number of likely N-dealkylation sites (tertiary alicyclic amines) is 1. The summed E-state index contributed by atoms with van der Waals surface area (Å²) >= 11 is 0. The van der Waals surface area contributed by atoms with Crippen molar-refractivity contribution in [1.82, 2.24) is 4.90 Å². The van der Waals surface area contributed by atoms with E-state index in [1.54, 1.807) is 0 Å². The van der Waals surface area contributed by atoms with Gasteiger partial charge >= 0.3 is 0 Å². The summed E-state index contributed by atoms with van der Waals surface area (Å²) in [6.07, 6.45) is 5.67. The molecule has 1 saturated heterocycles. The molecule has 0 bridgehead atoms. The molecule has 2 nitrogen and oxygen atoms in total. The molecule has 0 aromatic heterocycles. The van der Waals surface area contributed by atoms with E-state index in [1.807, 2.05) is 0 Å². The number of rotatable bonds is 3. The topological polar surface area (TPSA) is 29.3 Å². The molecule has 3 rings (SSSR count). The fourth-order valence-corrected chi connectivity index (χ4v) is 3.80. The monoisotopic (exact) mass is 244 g/mol. The van der Waals surface area contributed by atoms with Crippen molar-refractivity contribution in [1.29, 1.82) is 0 Å². The SMILES string of the molecule is N[C@H]1CN(Cc2ccccc2)C[C@H]1C1CCCC1. The molecular formula is C16H24N2. The zero-order chi connectivity index (χ0) is 12.4. The van der Waals surface area contributed by atoms with Crippen LogP contribution in [0.15, 0.2) is 30.3 Å². The molecule has 18 heavy (non-hydrogen) atoms. The van der Waals surface area contributed by atoms with E-state index in [1.165, 1.54) is 37.8 Å². The minimum Gasteiger partial charge on any atom is -0.326 e. The smallest absolute Gasteiger partial charge is 0.0234 e. The Labute approximate surface area is 110 Å². The highest BCUT2D eigenvalue weighted by Gasteiger charge is 2.36. The maximum Gasteiger partial charge on any atom is 0.0234 e. The van der Waals surface area contributed by atoms with Gasteiger partial charge in [0.15, 0.2) is 0 Å². The van der Waals surface area contributed by atoms with Gasteiger partial charge < -0.3 is 5.73 Å². The van der Waals surface area contributed by atoms with Gasteiger partial charge in [-0.3, -0.25) is 4.90 Å². The Hall–Kier alpha value is -0.860. The summed E-state index contributed by atoms with van der Waals surface area (Å²) in [5.41, 5.74) is 7.77. The number of hydrogen-bond donors (Lipinski definition) is 1. The zero-order valence-corrected chi connectivity index (χ0v) is 11.1. The Morgan fingerprint density at radius 1 is 1.06 bits per heavy atom. The second-order valence-corrected chi connectivity index (χ2v) is 6.05.